The number of nitrogens with zero attached hydrogens (tertiary/aromatic N) is 1. The number of likely N-dealkylation sites (N-methyl/N-ethyl adjacent to an activating group) is 1. The first-order chi connectivity index (χ1) is 18.9. The molecule has 1 aliphatic carbocycles. The second-order valence-corrected chi connectivity index (χ2v) is 11.7. The van der Waals surface area contributed by atoms with E-state index in [0.717, 1.165) is 36.3 Å². The third-order valence-electron chi connectivity index (χ3n) is 7.76. The predicted octanol–water partition coefficient (Wildman–Crippen LogP) is 6.88. The standard InChI is InChI=1S/C31H36NO6P/c1-32-19-18-31(26-14-15-28(34-2)29(20-26)35-3)17-16-27(21-30(31)32)38-39(33,36-22-24-10-6-4-7-11-24)37-23-25-12-8-5-9-13-25/h4-15,20-21,30H,16-19,22-23H2,1-3H3. The van der Waals surface area contributed by atoms with Gasteiger partial charge in [0, 0.05) is 17.9 Å². The Bertz CT molecular complexity index is 1280. The van der Waals surface area contributed by atoms with Crippen molar-refractivity contribution < 1.29 is 27.6 Å². The van der Waals surface area contributed by atoms with Crippen molar-refractivity contribution in [3.05, 3.63) is 107 Å². The van der Waals surface area contributed by atoms with Crippen molar-refractivity contribution in [1.29, 1.82) is 0 Å². The molecule has 2 unspecified atom stereocenters. The number of hydrogen-bond acceptors (Lipinski definition) is 7. The fraction of sp³-hybridized carbons (Fsp3) is 0.355. The number of allylic oxidation sites excluding steroid dienone is 1. The van der Waals surface area contributed by atoms with Crippen molar-refractivity contribution >= 4 is 7.82 Å². The van der Waals surface area contributed by atoms with Gasteiger partial charge in [0.2, 0.25) is 0 Å². The maximum Gasteiger partial charge on any atom is 0.530 e. The SMILES string of the molecule is COc1ccc(C23CCC(OP(=O)(OCc4ccccc4)OCc4ccccc4)=CC2N(C)CC3)cc1OC. The highest BCUT2D eigenvalue weighted by molar-refractivity contribution is 7.48. The van der Waals surface area contributed by atoms with Gasteiger partial charge in [0.05, 0.1) is 27.4 Å². The molecule has 2 aliphatic rings. The molecule has 7 nitrogen and oxygen atoms in total. The predicted molar refractivity (Wildman–Crippen MR) is 151 cm³/mol. The molecule has 0 spiro atoms. The van der Waals surface area contributed by atoms with E-state index < -0.39 is 7.82 Å². The van der Waals surface area contributed by atoms with Crippen LogP contribution in [0.1, 0.15) is 36.0 Å². The minimum Gasteiger partial charge on any atom is -0.493 e. The van der Waals surface area contributed by atoms with Gasteiger partial charge in [0.15, 0.2) is 11.5 Å². The zero-order valence-electron chi connectivity index (χ0n) is 22.7. The lowest BCUT2D eigenvalue weighted by Crippen LogP contribution is -2.42. The number of ether oxygens (including phenoxy) is 2. The zero-order valence-corrected chi connectivity index (χ0v) is 23.6. The van der Waals surface area contributed by atoms with Crippen LogP contribution in [0.15, 0.2) is 90.7 Å². The van der Waals surface area contributed by atoms with E-state index in [0.29, 0.717) is 17.9 Å². The van der Waals surface area contributed by atoms with Crippen LogP contribution in [-0.2, 0) is 36.8 Å². The largest absolute Gasteiger partial charge is 0.530 e. The van der Waals surface area contributed by atoms with Crippen molar-refractivity contribution in [2.75, 3.05) is 27.8 Å². The number of phosphoric acid groups is 1. The van der Waals surface area contributed by atoms with Gasteiger partial charge in [0.1, 0.15) is 5.76 Å². The molecule has 0 amide bonds. The molecule has 1 aliphatic heterocycles. The third kappa shape index (κ3) is 6.07. The first-order valence-corrected chi connectivity index (χ1v) is 14.7. The highest BCUT2D eigenvalue weighted by Gasteiger charge is 2.49. The Morgan fingerprint density at radius 2 is 1.46 bits per heavy atom. The van der Waals surface area contributed by atoms with Crippen LogP contribution in [0.25, 0.3) is 0 Å². The number of phosphoric ester groups is 1. The van der Waals surface area contributed by atoms with Gasteiger partial charge in [-0.2, -0.15) is 0 Å². The lowest BCUT2D eigenvalue weighted by molar-refractivity contribution is 0.116. The summed E-state index contributed by atoms with van der Waals surface area (Å²) in [5.41, 5.74) is 2.88. The van der Waals surface area contributed by atoms with Gasteiger partial charge in [-0.15, -0.1) is 0 Å². The highest BCUT2D eigenvalue weighted by Crippen LogP contribution is 2.56. The lowest BCUT2D eigenvalue weighted by atomic mass is 9.68. The van der Waals surface area contributed by atoms with Crippen molar-refractivity contribution in [3.8, 4) is 11.5 Å². The number of hydrogen-bond donors (Lipinski definition) is 0. The number of likely N-dealkylation sites (tertiary alicyclic amines) is 1. The molecule has 5 rings (SSSR count). The molecule has 0 radical (unpaired) electrons. The highest BCUT2D eigenvalue weighted by atomic mass is 31.2. The van der Waals surface area contributed by atoms with Gasteiger partial charge in [-0.1, -0.05) is 66.7 Å². The summed E-state index contributed by atoms with van der Waals surface area (Å²) in [6.07, 6.45) is 4.55. The van der Waals surface area contributed by atoms with E-state index in [1.807, 2.05) is 66.7 Å². The van der Waals surface area contributed by atoms with Gasteiger partial charge in [-0.3, -0.25) is 13.9 Å². The Kier molecular flexibility index (Phi) is 8.43. The number of methoxy groups -OCH3 is 2. The molecule has 39 heavy (non-hydrogen) atoms. The molecular weight excluding hydrogens is 513 g/mol. The van der Waals surface area contributed by atoms with Crippen LogP contribution < -0.4 is 9.47 Å². The molecule has 0 N–H and O–H groups in total. The van der Waals surface area contributed by atoms with E-state index in [-0.39, 0.29) is 24.7 Å². The zero-order chi connectivity index (χ0) is 27.3. The monoisotopic (exact) mass is 549 g/mol. The second-order valence-electron chi connectivity index (χ2n) is 10.1. The Labute approximate surface area is 230 Å². The summed E-state index contributed by atoms with van der Waals surface area (Å²) in [6.45, 7) is 1.19. The molecule has 1 heterocycles. The minimum absolute atomic E-state index is 0.0658. The van der Waals surface area contributed by atoms with Crippen LogP contribution in [0, 0.1) is 0 Å². The topological polar surface area (TPSA) is 66.5 Å². The Morgan fingerprint density at radius 1 is 0.846 bits per heavy atom. The maximum atomic E-state index is 14.0. The molecule has 8 heteroatoms. The quantitative estimate of drug-likeness (QED) is 0.242. The first-order valence-electron chi connectivity index (χ1n) is 13.2. The summed E-state index contributed by atoms with van der Waals surface area (Å²) in [4.78, 5) is 2.32. The molecule has 1 fully saturated rings. The Hall–Kier alpha value is -3.09. The van der Waals surface area contributed by atoms with Crippen LogP contribution in [0.3, 0.4) is 0 Å². The fourth-order valence-corrected chi connectivity index (χ4v) is 6.85. The molecule has 1 saturated heterocycles. The second kappa shape index (κ2) is 12.0. The molecule has 2 atom stereocenters. The van der Waals surface area contributed by atoms with E-state index in [4.69, 9.17) is 23.0 Å². The Morgan fingerprint density at radius 3 is 2.05 bits per heavy atom. The molecule has 0 bridgehead atoms. The van der Waals surface area contributed by atoms with Gasteiger partial charge >= 0.3 is 7.82 Å². The first kappa shape index (κ1) is 27.5. The molecule has 0 saturated carbocycles. The van der Waals surface area contributed by atoms with E-state index in [9.17, 15) is 4.57 Å². The molecule has 0 aromatic heterocycles. The normalized spacial score (nSPS) is 21.2. The smallest absolute Gasteiger partial charge is 0.493 e. The molecule has 3 aromatic carbocycles. The third-order valence-corrected chi connectivity index (χ3v) is 9.11. The van der Waals surface area contributed by atoms with Crippen LogP contribution in [0.5, 0.6) is 11.5 Å². The summed E-state index contributed by atoms with van der Waals surface area (Å²) < 4.78 is 42.9. The minimum atomic E-state index is -3.92. The van der Waals surface area contributed by atoms with Crippen LogP contribution in [0.2, 0.25) is 0 Å². The van der Waals surface area contributed by atoms with Gasteiger partial charge in [-0.25, -0.2) is 4.57 Å². The van der Waals surface area contributed by atoms with E-state index >= 15 is 0 Å². The van der Waals surface area contributed by atoms with Crippen LogP contribution >= 0.6 is 7.82 Å². The van der Waals surface area contributed by atoms with Crippen molar-refractivity contribution in [3.63, 3.8) is 0 Å². The van der Waals surface area contributed by atoms with Crippen molar-refractivity contribution in [2.24, 2.45) is 0 Å². The lowest BCUT2D eigenvalue weighted by Gasteiger charge is -2.40. The maximum absolute atomic E-state index is 14.0. The fourth-order valence-electron chi connectivity index (χ4n) is 5.62. The van der Waals surface area contributed by atoms with Crippen LogP contribution in [-0.4, -0.2) is 38.8 Å². The summed E-state index contributed by atoms with van der Waals surface area (Å²) in [5, 5.41) is 0. The van der Waals surface area contributed by atoms with Crippen molar-refractivity contribution in [2.45, 2.75) is 43.9 Å². The van der Waals surface area contributed by atoms with Crippen LogP contribution in [0.4, 0.5) is 0 Å². The van der Waals surface area contributed by atoms with E-state index in [1.165, 1.54) is 5.56 Å². The Balaban J connectivity index is 1.39. The van der Waals surface area contributed by atoms with Gasteiger partial charge in [-0.05, 0) is 61.3 Å². The molecular formula is C31H36NO6P. The summed E-state index contributed by atoms with van der Waals surface area (Å²) in [5.74, 6) is 2.06. The summed E-state index contributed by atoms with van der Waals surface area (Å²) >= 11 is 0. The van der Waals surface area contributed by atoms with E-state index in [1.54, 1.807) is 14.2 Å². The average molecular weight is 550 g/mol. The van der Waals surface area contributed by atoms with E-state index in [2.05, 4.69) is 30.2 Å². The molecule has 3 aromatic rings. The summed E-state index contributed by atoms with van der Waals surface area (Å²) in [7, 11) is 1.50. The van der Waals surface area contributed by atoms with Gasteiger partial charge in [0.25, 0.3) is 0 Å². The average Bonchev–Trinajstić information content (AvgIpc) is 3.32. The summed E-state index contributed by atoms with van der Waals surface area (Å²) in [6, 6.07) is 25.5. The van der Waals surface area contributed by atoms with Gasteiger partial charge < -0.3 is 14.0 Å². The molecule has 206 valence electrons. The van der Waals surface area contributed by atoms with Crippen molar-refractivity contribution in [1.82, 2.24) is 4.90 Å². The number of rotatable bonds is 11. The number of benzene rings is 3. The number of fused-ring (bicyclic) bond motifs is 1.